The highest BCUT2D eigenvalue weighted by atomic mass is 16.6. The van der Waals surface area contributed by atoms with Crippen LogP contribution in [0.1, 0.15) is 66.7 Å². The third kappa shape index (κ3) is 5.48. The number of carbonyl (C=O) groups is 2. The first-order valence-electron chi connectivity index (χ1n) is 13.4. The van der Waals surface area contributed by atoms with Crippen molar-refractivity contribution in [2.24, 2.45) is 10.8 Å². The molecule has 0 aromatic rings. The van der Waals surface area contributed by atoms with Gasteiger partial charge >= 0.3 is 12.2 Å². The standard InChI is InChI=1S/C26H46N4O4/c1-6-27-15-25(16-27)10-8-13-29(18-25)23(32)34-24(4,5)11-9-21(3)28-14-12-26(17-28)19-30(20-26)22(31)33-7-2/h21H,6-20H2,1-5H3. The van der Waals surface area contributed by atoms with E-state index < -0.39 is 5.60 Å². The van der Waals surface area contributed by atoms with Gasteiger partial charge in [0.05, 0.1) is 6.61 Å². The second kappa shape index (κ2) is 9.84. The third-order valence-electron chi connectivity index (χ3n) is 8.68. The van der Waals surface area contributed by atoms with Gasteiger partial charge in [-0.15, -0.1) is 0 Å². The molecule has 1 unspecified atom stereocenters. The molecule has 34 heavy (non-hydrogen) atoms. The van der Waals surface area contributed by atoms with Crippen molar-refractivity contribution in [1.82, 2.24) is 19.6 Å². The van der Waals surface area contributed by atoms with Crippen LogP contribution >= 0.6 is 0 Å². The van der Waals surface area contributed by atoms with Crippen molar-refractivity contribution < 1.29 is 19.1 Å². The Morgan fingerprint density at radius 3 is 2.26 bits per heavy atom. The number of rotatable bonds is 7. The number of ether oxygens (including phenoxy) is 2. The van der Waals surface area contributed by atoms with Crippen molar-refractivity contribution >= 4 is 12.2 Å². The molecule has 2 amide bonds. The molecule has 4 saturated heterocycles. The van der Waals surface area contributed by atoms with Gasteiger partial charge in [0.1, 0.15) is 5.60 Å². The highest BCUT2D eigenvalue weighted by molar-refractivity contribution is 5.69. The lowest BCUT2D eigenvalue weighted by molar-refractivity contribution is -0.0611. The molecule has 4 heterocycles. The van der Waals surface area contributed by atoms with Crippen molar-refractivity contribution in [2.45, 2.75) is 78.4 Å². The van der Waals surface area contributed by atoms with Crippen LogP contribution in [0.3, 0.4) is 0 Å². The number of hydrogen-bond acceptors (Lipinski definition) is 6. The van der Waals surface area contributed by atoms with Crippen LogP contribution in [-0.4, -0.2) is 109 Å². The summed E-state index contributed by atoms with van der Waals surface area (Å²) in [5.41, 5.74) is 0.0593. The minimum absolute atomic E-state index is 0.139. The van der Waals surface area contributed by atoms with Gasteiger partial charge in [0.15, 0.2) is 0 Å². The van der Waals surface area contributed by atoms with E-state index in [0.29, 0.717) is 18.1 Å². The number of amides is 2. The van der Waals surface area contributed by atoms with E-state index in [4.69, 9.17) is 9.47 Å². The van der Waals surface area contributed by atoms with Gasteiger partial charge in [0, 0.05) is 62.7 Å². The number of piperidine rings is 1. The molecule has 4 fully saturated rings. The molecule has 1 atom stereocenters. The highest BCUT2D eigenvalue weighted by Gasteiger charge is 2.50. The minimum Gasteiger partial charge on any atom is -0.450 e. The van der Waals surface area contributed by atoms with E-state index >= 15 is 0 Å². The Hall–Kier alpha value is -1.54. The maximum atomic E-state index is 13.0. The van der Waals surface area contributed by atoms with Crippen molar-refractivity contribution in [3.05, 3.63) is 0 Å². The minimum atomic E-state index is -0.473. The Morgan fingerprint density at radius 2 is 1.59 bits per heavy atom. The summed E-state index contributed by atoms with van der Waals surface area (Å²) < 4.78 is 11.2. The molecule has 8 heteroatoms. The summed E-state index contributed by atoms with van der Waals surface area (Å²) in [6, 6.07) is 0.433. The zero-order valence-corrected chi connectivity index (χ0v) is 22.1. The van der Waals surface area contributed by atoms with Crippen molar-refractivity contribution in [3.8, 4) is 0 Å². The summed E-state index contributed by atoms with van der Waals surface area (Å²) in [7, 11) is 0. The molecule has 0 aromatic heterocycles. The lowest BCUT2D eigenvalue weighted by atomic mass is 9.73. The van der Waals surface area contributed by atoms with Crippen LogP contribution in [0.2, 0.25) is 0 Å². The van der Waals surface area contributed by atoms with Gasteiger partial charge in [-0.3, -0.25) is 4.90 Å². The van der Waals surface area contributed by atoms with E-state index in [0.717, 1.165) is 84.6 Å². The molecule has 2 spiro atoms. The van der Waals surface area contributed by atoms with Crippen LogP contribution in [0, 0.1) is 10.8 Å². The molecule has 0 aliphatic carbocycles. The first-order chi connectivity index (χ1) is 16.1. The van der Waals surface area contributed by atoms with Crippen LogP contribution in [0.25, 0.3) is 0 Å². The van der Waals surface area contributed by atoms with E-state index in [1.165, 1.54) is 6.42 Å². The maximum absolute atomic E-state index is 13.0. The monoisotopic (exact) mass is 478 g/mol. The summed E-state index contributed by atoms with van der Waals surface area (Å²) >= 11 is 0. The van der Waals surface area contributed by atoms with Gasteiger partial charge in [-0.1, -0.05) is 6.92 Å². The average molecular weight is 479 g/mol. The molecular weight excluding hydrogens is 432 g/mol. The summed E-state index contributed by atoms with van der Waals surface area (Å²) in [6.07, 6.45) is 4.96. The Kier molecular flexibility index (Phi) is 7.40. The SMILES string of the molecule is CCOC(=O)N1CC2(CCN(C(C)CCC(C)(C)OC(=O)N3CCCC4(CN(CC)C4)C3)C2)C1. The average Bonchev–Trinajstić information content (AvgIpc) is 3.21. The topological polar surface area (TPSA) is 65.6 Å². The molecule has 4 rings (SSSR count). The van der Waals surface area contributed by atoms with Crippen molar-refractivity contribution in [1.29, 1.82) is 0 Å². The normalized spacial score (nSPS) is 25.2. The second-order valence-electron chi connectivity index (χ2n) is 12.1. The Morgan fingerprint density at radius 1 is 0.912 bits per heavy atom. The molecule has 0 bridgehead atoms. The zero-order chi connectivity index (χ0) is 24.6. The maximum Gasteiger partial charge on any atom is 0.410 e. The predicted molar refractivity (Wildman–Crippen MR) is 132 cm³/mol. The van der Waals surface area contributed by atoms with Gasteiger partial charge in [-0.05, 0) is 72.9 Å². The van der Waals surface area contributed by atoms with E-state index in [9.17, 15) is 9.59 Å². The van der Waals surface area contributed by atoms with Crippen LogP contribution in [0.5, 0.6) is 0 Å². The first kappa shape index (κ1) is 25.5. The summed E-state index contributed by atoms with van der Waals surface area (Å²) in [6.45, 7) is 19.6. The molecule has 194 valence electrons. The zero-order valence-electron chi connectivity index (χ0n) is 22.1. The summed E-state index contributed by atoms with van der Waals surface area (Å²) in [4.78, 5) is 33.7. The fraction of sp³-hybridized carbons (Fsp3) is 0.923. The largest absolute Gasteiger partial charge is 0.450 e. The van der Waals surface area contributed by atoms with E-state index in [2.05, 4.69) is 23.6 Å². The lowest BCUT2D eigenvalue weighted by Crippen LogP contribution is -2.63. The van der Waals surface area contributed by atoms with Crippen LogP contribution < -0.4 is 0 Å². The van der Waals surface area contributed by atoms with E-state index in [-0.39, 0.29) is 17.6 Å². The molecule has 0 N–H and O–H groups in total. The van der Waals surface area contributed by atoms with Crippen LogP contribution in [-0.2, 0) is 9.47 Å². The molecular formula is C26H46N4O4. The fourth-order valence-electron chi connectivity index (χ4n) is 6.55. The van der Waals surface area contributed by atoms with Crippen molar-refractivity contribution in [3.63, 3.8) is 0 Å². The summed E-state index contributed by atoms with van der Waals surface area (Å²) in [5.74, 6) is 0. The lowest BCUT2D eigenvalue weighted by Gasteiger charge is -2.54. The fourth-order valence-corrected chi connectivity index (χ4v) is 6.55. The van der Waals surface area contributed by atoms with Crippen molar-refractivity contribution in [2.75, 3.05) is 65.5 Å². The van der Waals surface area contributed by atoms with Gasteiger partial charge in [0.25, 0.3) is 0 Å². The van der Waals surface area contributed by atoms with Crippen LogP contribution in [0.15, 0.2) is 0 Å². The predicted octanol–water partition coefficient (Wildman–Crippen LogP) is 3.65. The molecule has 0 radical (unpaired) electrons. The van der Waals surface area contributed by atoms with E-state index in [1.54, 1.807) is 0 Å². The van der Waals surface area contributed by atoms with Gasteiger partial charge in [0.2, 0.25) is 0 Å². The Labute approximate surface area is 205 Å². The number of carbonyl (C=O) groups excluding carboxylic acids is 2. The Bertz CT molecular complexity index is 745. The molecule has 8 nitrogen and oxygen atoms in total. The molecule has 4 aliphatic heterocycles. The highest BCUT2D eigenvalue weighted by Crippen LogP contribution is 2.41. The Balaban J connectivity index is 1.19. The van der Waals surface area contributed by atoms with Gasteiger partial charge < -0.3 is 24.2 Å². The first-order valence-corrected chi connectivity index (χ1v) is 13.4. The number of likely N-dealkylation sites (tertiary alicyclic amines) is 4. The second-order valence-corrected chi connectivity index (χ2v) is 12.1. The van der Waals surface area contributed by atoms with Crippen LogP contribution in [0.4, 0.5) is 9.59 Å². The quantitative estimate of drug-likeness (QED) is 0.557. The number of hydrogen-bond donors (Lipinski definition) is 0. The van der Waals surface area contributed by atoms with E-state index in [1.807, 2.05) is 30.6 Å². The third-order valence-corrected chi connectivity index (χ3v) is 8.68. The molecule has 0 aromatic carbocycles. The molecule has 4 aliphatic rings. The molecule has 0 saturated carbocycles. The van der Waals surface area contributed by atoms with Gasteiger partial charge in [-0.2, -0.15) is 0 Å². The number of nitrogens with zero attached hydrogens (tertiary/aromatic N) is 4. The van der Waals surface area contributed by atoms with Gasteiger partial charge in [-0.25, -0.2) is 9.59 Å². The summed E-state index contributed by atoms with van der Waals surface area (Å²) in [5, 5.41) is 0. The smallest absolute Gasteiger partial charge is 0.410 e.